The smallest absolute Gasteiger partial charge is 0.226 e. The first-order valence-electron chi connectivity index (χ1n) is 10.8. The molecule has 1 aromatic carbocycles. The van der Waals surface area contributed by atoms with Gasteiger partial charge in [0.1, 0.15) is 5.82 Å². The van der Waals surface area contributed by atoms with Crippen LogP contribution in [0.4, 0.5) is 10.3 Å². The first kappa shape index (κ1) is 20.5. The molecule has 0 bridgehead atoms. The fourth-order valence-electron chi connectivity index (χ4n) is 4.41. The second kappa shape index (κ2) is 8.94. The van der Waals surface area contributed by atoms with Gasteiger partial charge in [-0.3, -0.25) is 4.79 Å². The van der Waals surface area contributed by atoms with Crippen LogP contribution >= 0.6 is 0 Å². The highest BCUT2D eigenvalue weighted by Crippen LogP contribution is 2.35. The third-order valence-corrected chi connectivity index (χ3v) is 6.17. The number of carbonyl (C=O) groups is 1. The van der Waals surface area contributed by atoms with E-state index < -0.39 is 0 Å². The lowest BCUT2D eigenvalue weighted by atomic mass is 9.87. The number of nitrogens with zero attached hydrogens (tertiary/aromatic N) is 4. The van der Waals surface area contributed by atoms with Crippen molar-refractivity contribution in [2.24, 2.45) is 5.92 Å². The zero-order valence-electron chi connectivity index (χ0n) is 17.7. The molecule has 1 aromatic heterocycles. The van der Waals surface area contributed by atoms with Gasteiger partial charge in [-0.15, -0.1) is 0 Å². The van der Waals surface area contributed by atoms with Gasteiger partial charge in [-0.25, -0.2) is 14.4 Å². The Morgan fingerprint density at radius 2 is 1.83 bits per heavy atom. The van der Waals surface area contributed by atoms with Crippen molar-refractivity contribution >= 4 is 11.9 Å². The summed E-state index contributed by atoms with van der Waals surface area (Å²) in [7, 11) is 3.85. The average Bonchev–Trinajstić information content (AvgIpc) is 2.79. The molecule has 0 unspecified atom stereocenters. The number of carbonyl (C=O) groups excluding carboxylic acids is 1. The summed E-state index contributed by atoms with van der Waals surface area (Å²) in [5, 5.41) is 0. The maximum absolute atomic E-state index is 13.4. The van der Waals surface area contributed by atoms with E-state index in [-0.39, 0.29) is 17.7 Å². The van der Waals surface area contributed by atoms with Crippen LogP contribution < -0.4 is 4.90 Å². The van der Waals surface area contributed by atoms with E-state index in [1.165, 1.54) is 12.1 Å². The quantitative estimate of drug-likeness (QED) is 0.703. The number of allylic oxidation sites excluding steroid dienone is 2. The third-order valence-electron chi connectivity index (χ3n) is 6.17. The number of benzene rings is 1. The van der Waals surface area contributed by atoms with Crippen molar-refractivity contribution in [3.8, 4) is 11.1 Å². The lowest BCUT2D eigenvalue weighted by Crippen LogP contribution is -2.41. The van der Waals surface area contributed by atoms with Gasteiger partial charge in [0.05, 0.1) is 5.69 Å². The lowest BCUT2D eigenvalue weighted by Gasteiger charge is -2.35. The molecule has 0 N–H and O–H groups in total. The molecular formula is C24H29FN4O. The first-order valence-corrected chi connectivity index (χ1v) is 10.8. The predicted molar refractivity (Wildman–Crippen MR) is 117 cm³/mol. The first-order chi connectivity index (χ1) is 14.5. The van der Waals surface area contributed by atoms with E-state index in [9.17, 15) is 9.18 Å². The van der Waals surface area contributed by atoms with Crippen LogP contribution in [-0.2, 0) is 4.79 Å². The van der Waals surface area contributed by atoms with Crippen LogP contribution in [0.1, 0.15) is 43.7 Å². The zero-order valence-corrected chi connectivity index (χ0v) is 17.7. The Kier molecular flexibility index (Phi) is 6.11. The van der Waals surface area contributed by atoms with Crippen molar-refractivity contribution in [2.45, 2.75) is 38.0 Å². The van der Waals surface area contributed by atoms with Gasteiger partial charge in [0.2, 0.25) is 11.9 Å². The fourth-order valence-corrected chi connectivity index (χ4v) is 4.41. The van der Waals surface area contributed by atoms with E-state index in [4.69, 9.17) is 4.98 Å². The highest BCUT2D eigenvalue weighted by Gasteiger charge is 2.30. The normalized spacial score (nSPS) is 19.7. The van der Waals surface area contributed by atoms with E-state index in [1.54, 1.807) is 12.1 Å². The van der Waals surface area contributed by atoms with Crippen molar-refractivity contribution in [3.05, 3.63) is 54.1 Å². The number of piperidine rings is 1. The number of halogens is 1. The molecule has 158 valence electrons. The molecule has 1 aliphatic carbocycles. The molecule has 1 amide bonds. The van der Waals surface area contributed by atoms with Crippen LogP contribution in [0.3, 0.4) is 0 Å². The number of anilines is 1. The Hall–Kier alpha value is -2.76. The lowest BCUT2D eigenvalue weighted by molar-refractivity contribution is -0.136. The van der Waals surface area contributed by atoms with Gasteiger partial charge < -0.3 is 9.80 Å². The van der Waals surface area contributed by atoms with E-state index >= 15 is 0 Å². The second-order valence-corrected chi connectivity index (χ2v) is 8.45. The van der Waals surface area contributed by atoms with E-state index in [0.717, 1.165) is 62.0 Å². The molecule has 2 aromatic rings. The second-order valence-electron chi connectivity index (χ2n) is 8.45. The Labute approximate surface area is 177 Å². The highest BCUT2D eigenvalue weighted by atomic mass is 19.1. The van der Waals surface area contributed by atoms with Gasteiger partial charge in [0, 0.05) is 50.8 Å². The topological polar surface area (TPSA) is 49.3 Å². The van der Waals surface area contributed by atoms with E-state index in [2.05, 4.69) is 17.1 Å². The maximum atomic E-state index is 13.4. The molecule has 2 heterocycles. The molecule has 1 aliphatic heterocycles. The monoisotopic (exact) mass is 408 g/mol. The van der Waals surface area contributed by atoms with E-state index in [1.807, 2.05) is 30.1 Å². The summed E-state index contributed by atoms with van der Waals surface area (Å²) in [6, 6.07) is 6.50. The average molecular weight is 409 g/mol. The molecule has 2 aliphatic rings. The molecule has 0 radical (unpaired) electrons. The summed E-state index contributed by atoms with van der Waals surface area (Å²) in [6.07, 6.45) is 10.7. The van der Waals surface area contributed by atoms with E-state index in [0.29, 0.717) is 11.9 Å². The Balaban J connectivity index is 1.54. The van der Waals surface area contributed by atoms with Crippen molar-refractivity contribution in [2.75, 3.05) is 32.1 Å². The number of hydrogen-bond donors (Lipinski definition) is 0. The predicted octanol–water partition coefficient (Wildman–Crippen LogP) is 4.41. The molecule has 6 heteroatoms. The van der Waals surface area contributed by atoms with Crippen molar-refractivity contribution in [1.82, 2.24) is 14.9 Å². The van der Waals surface area contributed by atoms with Crippen LogP contribution in [0.5, 0.6) is 0 Å². The summed E-state index contributed by atoms with van der Waals surface area (Å²) in [5.74, 6) is 1.11. The van der Waals surface area contributed by atoms with Gasteiger partial charge in [0.15, 0.2) is 0 Å². The van der Waals surface area contributed by atoms with Gasteiger partial charge in [-0.2, -0.15) is 0 Å². The Morgan fingerprint density at radius 1 is 1.10 bits per heavy atom. The van der Waals surface area contributed by atoms with Gasteiger partial charge >= 0.3 is 0 Å². The molecule has 1 fully saturated rings. The SMILES string of the molecule is CN(C)c1ncc(-c2ccc(F)cc2)c(C2CCN(C(=O)[C@H]3CC=CCC3)CC2)n1. The van der Waals surface area contributed by atoms with Gasteiger partial charge in [-0.1, -0.05) is 24.3 Å². The fraction of sp³-hybridized carbons (Fsp3) is 0.458. The summed E-state index contributed by atoms with van der Waals surface area (Å²) < 4.78 is 13.4. The molecular weight excluding hydrogens is 379 g/mol. The molecule has 30 heavy (non-hydrogen) atoms. The van der Waals surface area contributed by atoms with Crippen LogP contribution in [0.15, 0.2) is 42.6 Å². The molecule has 0 saturated carbocycles. The van der Waals surface area contributed by atoms with Crippen molar-refractivity contribution < 1.29 is 9.18 Å². The van der Waals surface area contributed by atoms with Gasteiger partial charge in [-0.05, 0) is 49.8 Å². The van der Waals surface area contributed by atoms with Crippen LogP contribution in [0.25, 0.3) is 11.1 Å². The summed E-state index contributed by atoms with van der Waals surface area (Å²) in [6.45, 7) is 1.52. The summed E-state index contributed by atoms with van der Waals surface area (Å²) in [5.41, 5.74) is 2.86. The minimum absolute atomic E-state index is 0.140. The van der Waals surface area contributed by atoms with Crippen LogP contribution in [-0.4, -0.2) is 48.0 Å². The number of aromatic nitrogens is 2. The zero-order chi connectivity index (χ0) is 21.1. The number of likely N-dealkylation sites (tertiary alicyclic amines) is 1. The Morgan fingerprint density at radius 3 is 2.47 bits per heavy atom. The number of rotatable bonds is 4. The molecule has 0 spiro atoms. The maximum Gasteiger partial charge on any atom is 0.226 e. The molecule has 1 atom stereocenters. The number of amides is 1. The molecule has 1 saturated heterocycles. The van der Waals surface area contributed by atoms with Crippen LogP contribution in [0.2, 0.25) is 0 Å². The highest BCUT2D eigenvalue weighted by molar-refractivity contribution is 5.79. The largest absolute Gasteiger partial charge is 0.347 e. The standard InChI is InChI=1S/C24H29FN4O/c1-28(2)24-26-16-21(17-8-10-20(25)11-9-17)22(27-24)18-12-14-29(15-13-18)23(30)19-6-4-3-5-7-19/h3-4,8-11,16,18-19H,5-7,12-15H2,1-2H3/t19-/m0/s1. The molecule has 5 nitrogen and oxygen atoms in total. The van der Waals surface area contributed by atoms with Crippen LogP contribution in [0, 0.1) is 11.7 Å². The summed E-state index contributed by atoms with van der Waals surface area (Å²) in [4.78, 5) is 26.2. The minimum atomic E-state index is -0.254. The van der Waals surface area contributed by atoms with Crippen molar-refractivity contribution in [1.29, 1.82) is 0 Å². The number of hydrogen-bond acceptors (Lipinski definition) is 4. The van der Waals surface area contributed by atoms with Gasteiger partial charge in [0.25, 0.3) is 0 Å². The summed E-state index contributed by atoms with van der Waals surface area (Å²) >= 11 is 0. The third kappa shape index (κ3) is 4.37. The minimum Gasteiger partial charge on any atom is -0.347 e. The Bertz CT molecular complexity index is 917. The molecule has 4 rings (SSSR count). The van der Waals surface area contributed by atoms with Crippen molar-refractivity contribution in [3.63, 3.8) is 0 Å².